The summed E-state index contributed by atoms with van der Waals surface area (Å²) in [4.78, 5) is 4.56. The molecule has 0 N–H and O–H groups in total. The Morgan fingerprint density at radius 1 is 1.00 bits per heavy atom. The maximum absolute atomic E-state index is 5.74. The van der Waals surface area contributed by atoms with Crippen LogP contribution >= 0.6 is 0 Å². The van der Waals surface area contributed by atoms with Gasteiger partial charge in [0.15, 0.2) is 0 Å². The molecular formula is C17H28N2O. The van der Waals surface area contributed by atoms with E-state index in [1.807, 2.05) is 0 Å². The Morgan fingerprint density at radius 2 is 1.65 bits per heavy atom. The highest BCUT2D eigenvalue weighted by Gasteiger charge is 2.18. The predicted octanol–water partition coefficient (Wildman–Crippen LogP) is 3.40. The quantitative estimate of drug-likeness (QED) is 0.792. The second-order valence-electron chi connectivity index (χ2n) is 6.05. The Balaban J connectivity index is 1.86. The Bertz CT molecular complexity index is 382. The highest BCUT2D eigenvalue weighted by Crippen LogP contribution is 2.27. The molecular weight excluding hydrogens is 248 g/mol. The van der Waals surface area contributed by atoms with E-state index in [2.05, 4.69) is 55.2 Å². The van der Waals surface area contributed by atoms with Gasteiger partial charge in [-0.15, -0.1) is 0 Å². The maximum Gasteiger partial charge on any atom is 0.119 e. The molecule has 0 amide bonds. The van der Waals surface area contributed by atoms with E-state index in [1.165, 1.54) is 37.8 Å². The minimum Gasteiger partial charge on any atom is -0.492 e. The fourth-order valence-corrected chi connectivity index (χ4v) is 2.80. The van der Waals surface area contributed by atoms with Gasteiger partial charge in [-0.3, -0.25) is 0 Å². The molecule has 0 saturated heterocycles. The first kappa shape index (κ1) is 15.2. The van der Waals surface area contributed by atoms with Crippen LogP contribution < -0.4 is 9.64 Å². The van der Waals surface area contributed by atoms with Crippen LogP contribution in [0.1, 0.15) is 32.1 Å². The molecule has 0 radical (unpaired) electrons. The fourth-order valence-electron chi connectivity index (χ4n) is 2.80. The summed E-state index contributed by atoms with van der Waals surface area (Å²) in [6, 6.07) is 9.25. The van der Waals surface area contributed by atoms with Crippen LogP contribution in [-0.2, 0) is 0 Å². The van der Waals surface area contributed by atoms with Crippen LogP contribution in [-0.4, -0.2) is 45.2 Å². The van der Waals surface area contributed by atoms with E-state index >= 15 is 0 Å². The second kappa shape index (κ2) is 7.53. The highest BCUT2D eigenvalue weighted by molar-refractivity contribution is 5.49. The van der Waals surface area contributed by atoms with Crippen molar-refractivity contribution in [1.82, 2.24) is 4.90 Å². The van der Waals surface area contributed by atoms with Crippen molar-refractivity contribution in [3.63, 3.8) is 0 Å². The lowest BCUT2D eigenvalue weighted by Crippen LogP contribution is -2.33. The average molecular weight is 276 g/mol. The molecule has 0 unspecified atom stereocenters. The second-order valence-corrected chi connectivity index (χ2v) is 6.05. The van der Waals surface area contributed by atoms with Crippen LogP contribution in [0.3, 0.4) is 0 Å². The first-order chi connectivity index (χ1) is 9.66. The van der Waals surface area contributed by atoms with Gasteiger partial charge in [0.1, 0.15) is 12.4 Å². The Hall–Kier alpha value is -1.22. The van der Waals surface area contributed by atoms with Gasteiger partial charge in [-0.2, -0.15) is 0 Å². The zero-order valence-electron chi connectivity index (χ0n) is 13.1. The molecule has 0 aromatic heterocycles. The zero-order valence-corrected chi connectivity index (χ0v) is 13.1. The molecule has 3 heteroatoms. The molecule has 0 spiro atoms. The molecule has 1 aromatic rings. The van der Waals surface area contributed by atoms with Crippen LogP contribution in [0.2, 0.25) is 0 Å². The van der Waals surface area contributed by atoms with Crippen LogP contribution in [0.25, 0.3) is 0 Å². The molecule has 3 nitrogen and oxygen atoms in total. The lowest BCUT2D eigenvalue weighted by Gasteiger charge is -2.33. The van der Waals surface area contributed by atoms with Gasteiger partial charge in [0.2, 0.25) is 0 Å². The summed E-state index contributed by atoms with van der Waals surface area (Å²) in [6.07, 6.45) is 6.82. The van der Waals surface area contributed by atoms with Gasteiger partial charge in [0.05, 0.1) is 0 Å². The summed E-state index contributed by atoms with van der Waals surface area (Å²) >= 11 is 0. The lowest BCUT2D eigenvalue weighted by molar-refractivity contribution is 0.261. The number of benzene rings is 1. The summed E-state index contributed by atoms with van der Waals surface area (Å²) in [5.41, 5.74) is 1.30. The zero-order chi connectivity index (χ0) is 14.4. The third-order valence-electron chi connectivity index (χ3n) is 4.17. The number of hydrogen-bond donors (Lipinski definition) is 0. The number of nitrogens with zero attached hydrogens (tertiary/aromatic N) is 2. The van der Waals surface area contributed by atoms with Crippen molar-refractivity contribution in [3.05, 3.63) is 24.3 Å². The number of anilines is 1. The van der Waals surface area contributed by atoms with E-state index < -0.39 is 0 Å². The molecule has 0 aliphatic heterocycles. The van der Waals surface area contributed by atoms with E-state index in [4.69, 9.17) is 4.74 Å². The Morgan fingerprint density at radius 3 is 2.25 bits per heavy atom. The Kier molecular flexibility index (Phi) is 5.72. The molecule has 1 saturated carbocycles. The van der Waals surface area contributed by atoms with Crippen molar-refractivity contribution >= 4 is 5.69 Å². The third-order valence-corrected chi connectivity index (χ3v) is 4.17. The normalized spacial score (nSPS) is 16.4. The number of rotatable bonds is 6. The van der Waals surface area contributed by atoms with E-state index in [1.54, 1.807) is 0 Å². The van der Waals surface area contributed by atoms with Crippen molar-refractivity contribution in [2.75, 3.05) is 39.2 Å². The maximum atomic E-state index is 5.74. The van der Waals surface area contributed by atoms with Gasteiger partial charge in [0.25, 0.3) is 0 Å². The monoisotopic (exact) mass is 276 g/mol. The van der Waals surface area contributed by atoms with Crippen molar-refractivity contribution < 1.29 is 4.74 Å². The summed E-state index contributed by atoms with van der Waals surface area (Å²) in [5, 5.41) is 0. The largest absolute Gasteiger partial charge is 0.492 e. The molecule has 0 heterocycles. The van der Waals surface area contributed by atoms with E-state index in [-0.39, 0.29) is 0 Å². The van der Waals surface area contributed by atoms with E-state index in [0.29, 0.717) is 6.04 Å². The number of likely N-dealkylation sites (N-methyl/N-ethyl adjacent to an activating group) is 1. The molecule has 2 rings (SSSR count). The van der Waals surface area contributed by atoms with Gasteiger partial charge in [-0.05, 0) is 51.2 Å². The van der Waals surface area contributed by atoms with Gasteiger partial charge in [-0.25, -0.2) is 0 Å². The molecule has 1 aliphatic rings. The molecule has 20 heavy (non-hydrogen) atoms. The molecule has 112 valence electrons. The predicted molar refractivity (Wildman–Crippen MR) is 85.8 cm³/mol. The summed E-state index contributed by atoms with van der Waals surface area (Å²) in [5.74, 6) is 0.965. The summed E-state index contributed by atoms with van der Waals surface area (Å²) in [6.45, 7) is 1.69. The first-order valence-corrected chi connectivity index (χ1v) is 7.77. The number of ether oxygens (including phenoxy) is 1. The standard InChI is InChI=1S/C17H28N2O/c1-18(2)13-14-20-17-11-9-16(10-12-17)19(3)15-7-5-4-6-8-15/h9-12,15H,4-8,13-14H2,1-3H3. The van der Waals surface area contributed by atoms with Crippen molar-refractivity contribution in [3.8, 4) is 5.75 Å². The molecule has 1 aliphatic carbocycles. The van der Waals surface area contributed by atoms with E-state index in [0.717, 1.165) is 18.9 Å². The van der Waals surface area contributed by atoms with Crippen molar-refractivity contribution in [1.29, 1.82) is 0 Å². The van der Waals surface area contributed by atoms with Crippen LogP contribution in [0.5, 0.6) is 5.75 Å². The van der Waals surface area contributed by atoms with Crippen LogP contribution in [0.4, 0.5) is 5.69 Å². The van der Waals surface area contributed by atoms with Crippen molar-refractivity contribution in [2.45, 2.75) is 38.1 Å². The van der Waals surface area contributed by atoms with Crippen LogP contribution in [0, 0.1) is 0 Å². The molecule has 1 aromatic carbocycles. The average Bonchev–Trinajstić information content (AvgIpc) is 2.48. The Labute approximate surface area is 123 Å². The first-order valence-electron chi connectivity index (χ1n) is 7.77. The minimum absolute atomic E-state index is 0.712. The smallest absolute Gasteiger partial charge is 0.119 e. The van der Waals surface area contributed by atoms with Gasteiger partial charge < -0.3 is 14.5 Å². The van der Waals surface area contributed by atoms with E-state index in [9.17, 15) is 0 Å². The molecule has 1 fully saturated rings. The molecule has 0 bridgehead atoms. The van der Waals surface area contributed by atoms with Gasteiger partial charge in [-0.1, -0.05) is 19.3 Å². The SMILES string of the molecule is CN(C)CCOc1ccc(N(C)C2CCCCC2)cc1. The lowest BCUT2D eigenvalue weighted by atomic mass is 9.94. The third kappa shape index (κ3) is 4.41. The number of hydrogen-bond acceptors (Lipinski definition) is 3. The fraction of sp³-hybridized carbons (Fsp3) is 0.647. The topological polar surface area (TPSA) is 15.7 Å². The summed E-state index contributed by atoms with van der Waals surface area (Å²) in [7, 11) is 6.34. The van der Waals surface area contributed by atoms with Crippen LogP contribution in [0.15, 0.2) is 24.3 Å². The highest BCUT2D eigenvalue weighted by atomic mass is 16.5. The van der Waals surface area contributed by atoms with Gasteiger partial charge >= 0.3 is 0 Å². The summed E-state index contributed by atoms with van der Waals surface area (Å²) < 4.78 is 5.74. The molecule has 0 atom stereocenters. The van der Waals surface area contributed by atoms with Crippen molar-refractivity contribution in [2.24, 2.45) is 0 Å². The van der Waals surface area contributed by atoms with Gasteiger partial charge in [0, 0.05) is 25.3 Å². The minimum atomic E-state index is 0.712.